The molecule has 0 aliphatic rings. The molecule has 0 unspecified atom stereocenters. The third kappa shape index (κ3) is 1.22. The monoisotopic (exact) mass is 186 g/mol. The number of benzene rings is 1. The first-order chi connectivity index (χ1) is 5.46. The second-order valence-electron chi connectivity index (χ2n) is 3.13. The zero-order valence-electron chi connectivity index (χ0n) is 7.76. The molecule has 0 fully saturated rings. The van der Waals surface area contributed by atoms with Gasteiger partial charge in [0, 0.05) is 5.02 Å². The third-order valence-corrected chi connectivity index (χ3v) is 3.01. The van der Waals surface area contributed by atoms with Crippen molar-refractivity contribution in [2.24, 2.45) is 0 Å². The van der Waals surface area contributed by atoms with E-state index in [-0.39, 0.29) is 5.82 Å². The fourth-order valence-electron chi connectivity index (χ4n) is 1.22. The van der Waals surface area contributed by atoms with Crippen LogP contribution in [0.5, 0.6) is 0 Å². The summed E-state index contributed by atoms with van der Waals surface area (Å²) in [5, 5.41) is 0.686. The zero-order valence-corrected chi connectivity index (χ0v) is 8.51. The van der Waals surface area contributed by atoms with Crippen LogP contribution in [0.2, 0.25) is 5.02 Å². The van der Waals surface area contributed by atoms with E-state index in [1.54, 1.807) is 13.8 Å². The highest BCUT2D eigenvalue weighted by molar-refractivity contribution is 6.32. The highest BCUT2D eigenvalue weighted by Crippen LogP contribution is 2.28. The molecule has 0 nitrogen and oxygen atoms in total. The molecule has 1 rings (SSSR count). The maximum absolute atomic E-state index is 13.4. The average Bonchev–Trinajstić information content (AvgIpc) is 2.08. The van der Waals surface area contributed by atoms with Crippen LogP contribution in [-0.4, -0.2) is 0 Å². The van der Waals surface area contributed by atoms with Crippen LogP contribution in [0.15, 0.2) is 0 Å². The fourth-order valence-corrected chi connectivity index (χ4v) is 1.50. The van der Waals surface area contributed by atoms with Crippen molar-refractivity contribution in [2.75, 3.05) is 0 Å². The van der Waals surface area contributed by atoms with Gasteiger partial charge in [0.05, 0.1) is 0 Å². The van der Waals surface area contributed by atoms with Crippen LogP contribution in [0.3, 0.4) is 0 Å². The Hall–Kier alpha value is -0.560. The molecule has 1 aromatic rings. The van der Waals surface area contributed by atoms with Gasteiger partial charge in [-0.25, -0.2) is 4.39 Å². The number of halogens is 2. The highest BCUT2D eigenvalue weighted by Gasteiger charge is 2.12. The predicted octanol–water partition coefficient (Wildman–Crippen LogP) is 3.71. The molecular formula is C10H12ClF. The second kappa shape index (κ2) is 3.06. The van der Waals surface area contributed by atoms with Gasteiger partial charge in [-0.2, -0.15) is 0 Å². The molecule has 0 heterocycles. The van der Waals surface area contributed by atoms with Crippen LogP contribution in [0.1, 0.15) is 22.3 Å². The predicted molar refractivity (Wildman–Crippen MR) is 50.4 cm³/mol. The first kappa shape index (κ1) is 9.53. The van der Waals surface area contributed by atoms with E-state index >= 15 is 0 Å². The van der Waals surface area contributed by atoms with Crippen LogP contribution >= 0.6 is 11.6 Å². The summed E-state index contributed by atoms with van der Waals surface area (Å²) in [6.07, 6.45) is 0. The van der Waals surface area contributed by atoms with E-state index in [2.05, 4.69) is 0 Å². The van der Waals surface area contributed by atoms with Gasteiger partial charge in [-0.3, -0.25) is 0 Å². The minimum atomic E-state index is -0.130. The molecule has 0 aromatic heterocycles. The van der Waals surface area contributed by atoms with Gasteiger partial charge in [0.25, 0.3) is 0 Å². The third-order valence-electron chi connectivity index (χ3n) is 2.44. The average molecular weight is 187 g/mol. The second-order valence-corrected chi connectivity index (χ2v) is 3.51. The minimum Gasteiger partial charge on any atom is -0.206 e. The standard InChI is InChI=1S/C10H12ClF/c1-5-7(3)10(12)8(4)6(2)9(5)11/h1-4H3. The topological polar surface area (TPSA) is 0 Å². The molecule has 0 spiro atoms. The molecule has 0 saturated heterocycles. The van der Waals surface area contributed by atoms with E-state index in [9.17, 15) is 4.39 Å². The van der Waals surface area contributed by atoms with Crippen molar-refractivity contribution in [3.05, 3.63) is 33.1 Å². The Balaban J connectivity index is 3.60. The Morgan fingerprint density at radius 2 is 1.17 bits per heavy atom. The molecule has 0 aliphatic carbocycles. The van der Waals surface area contributed by atoms with Gasteiger partial charge < -0.3 is 0 Å². The molecule has 0 saturated carbocycles. The maximum atomic E-state index is 13.4. The van der Waals surface area contributed by atoms with Gasteiger partial charge in [0.1, 0.15) is 5.82 Å². The molecule has 0 aliphatic heterocycles. The van der Waals surface area contributed by atoms with E-state index in [0.717, 1.165) is 11.1 Å². The lowest BCUT2D eigenvalue weighted by Gasteiger charge is -2.11. The summed E-state index contributed by atoms with van der Waals surface area (Å²) in [6, 6.07) is 0. The zero-order chi connectivity index (χ0) is 9.46. The molecule has 0 atom stereocenters. The van der Waals surface area contributed by atoms with Crippen molar-refractivity contribution in [3.8, 4) is 0 Å². The molecular weight excluding hydrogens is 175 g/mol. The van der Waals surface area contributed by atoms with Gasteiger partial charge in [-0.1, -0.05) is 11.6 Å². The molecule has 0 N–H and O–H groups in total. The lowest BCUT2D eigenvalue weighted by Crippen LogP contribution is -1.96. The summed E-state index contributed by atoms with van der Waals surface area (Å²) in [5.41, 5.74) is 3.00. The molecule has 12 heavy (non-hydrogen) atoms. The Morgan fingerprint density at radius 1 is 0.833 bits per heavy atom. The summed E-state index contributed by atoms with van der Waals surface area (Å²) >= 11 is 5.99. The number of hydrogen-bond acceptors (Lipinski definition) is 0. The Bertz CT molecular complexity index is 224. The SMILES string of the molecule is Cc1c(C)c(Cl)c(C)c(C)c1F. The Kier molecular flexibility index (Phi) is 2.43. The summed E-state index contributed by atoms with van der Waals surface area (Å²) in [6.45, 7) is 7.19. The normalized spacial score (nSPS) is 10.5. The summed E-state index contributed by atoms with van der Waals surface area (Å²) < 4.78 is 13.4. The van der Waals surface area contributed by atoms with Crippen LogP contribution in [0, 0.1) is 33.5 Å². The van der Waals surface area contributed by atoms with Gasteiger partial charge >= 0.3 is 0 Å². The van der Waals surface area contributed by atoms with Crippen molar-refractivity contribution in [1.29, 1.82) is 0 Å². The summed E-state index contributed by atoms with van der Waals surface area (Å²) in [4.78, 5) is 0. The van der Waals surface area contributed by atoms with Crippen LogP contribution in [0.25, 0.3) is 0 Å². The van der Waals surface area contributed by atoms with Gasteiger partial charge in [-0.15, -0.1) is 0 Å². The van der Waals surface area contributed by atoms with Crippen molar-refractivity contribution in [2.45, 2.75) is 27.7 Å². The highest BCUT2D eigenvalue weighted by atomic mass is 35.5. The molecule has 0 amide bonds. The molecule has 66 valence electrons. The van der Waals surface area contributed by atoms with E-state index in [0.29, 0.717) is 16.1 Å². The van der Waals surface area contributed by atoms with Crippen LogP contribution in [-0.2, 0) is 0 Å². The molecule has 0 bridgehead atoms. The van der Waals surface area contributed by atoms with Crippen molar-refractivity contribution < 1.29 is 4.39 Å². The molecule has 1 aromatic carbocycles. The van der Waals surface area contributed by atoms with E-state index in [4.69, 9.17) is 11.6 Å². The lowest BCUT2D eigenvalue weighted by atomic mass is 10.0. The van der Waals surface area contributed by atoms with Crippen LogP contribution in [0.4, 0.5) is 4.39 Å². The number of rotatable bonds is 0. The first-order valence-electron chi connectivity index (χ1n) is 3.88. The maximum Gasteiger partial charge on any atom is 0.129 e. The van der Waals surface area contributed by atoms with Gasteiger partial charge in [-0.05, 0) is 49.9 Å². The van der Waals surface area contributed by atoms with Crippen molar-refractivity contribution in [1.82, 2.24) is 0 Å². The minimum absolute atomic E-state index is 0.130. The van der Waals surface area contributed by atoms with Crippen LogP contribution < -0.4 is 0 Å². The van der Waals surface area contributed by atoms with Gasteiger partial charge in [0.2, 0.25) is 0 Å². The van der Waals surface area contributed by atoms with E-state index < -0.39 is 0 Å². The lowest BCUT2D eigenvalue weighted by molar-refractivity contribution is 0.606. The molecule has 2 heteroatoms. The summed E-state index contributed by atoms with van der Waals surface area (Å²) in [7, 11) is 0. The van der Waals surface area contributed by atoms with E-state index in [1.165, 1.54) is 0 Å². The van der Waals surface area contributed by atoms with Crippen molar-refractivity contribution in [3.63, 3.8) is 0 Å². The fraction of sp³-hybridized carbons (Fsp3) is 0.400. The van der Waals surface area contributed by atoms with Gasteiger partial charge in [0.15, 0.2) is 0 Å². The first-order valence-corrected chi connectivity index (χ1v) is 4.26. The quantitative estimate of drug-likeness (QED) is 0.580. The summed E-state index contributed by atoms with van der Waals surface area (Å²) in [5.74, 6) is -0.130. The Morgan fingerprint density at radius 3 is 1.50 bits per heavy atom. The smallest absolute Gasteiger partial charge is 0.129 e. The molecule has 0 radical (unpaired) electrons. The van der Waals surface area contributed by atoms with Crippen molar-refractivity contribution >= 4 is 11.6 Å². The Labute approximate surface area is 77.4 Å². The number of hydrogen-bond donors (Lipinski definition) is 0. The largest absolute Gasteiger partial charge is 0.206 e. The van der Waals surface area contributed by atoms with E-state index in [1.807, 2.05) is 13.8 Å².